The summed E-state index contributed by atoms with van der Waals surface area (Å²) in [7, 11) is 0. The van der Waals surface area contributed by atoms with E-state index in [1.54, 1.807) is 4.90 Å². The summed E-state index contributed by atoms with van der Waals surface area (Å²) in [6.45, 7) is 0.797. The highest BCUT2D eigenvalue weighted by Crippen LogP contribution is 2.42. The van der Waals surface area contributed by atoms with Gasteiger partial charge in [-0.3, -0.25) is 4.79 Å². The quantitative estimate of drug-likeness (QED) is 0.451. The number of carbonyl (C=O) groups is 1. The van der Waals surface area contributed by atoms with Gasteiger partial charge in [0.05, 0.1) is 10.8 Å². The fraction of sp³-hybridized carbons (Fsp3) is 0.857. The fourth-order valence-corrected chi connectivity index (χ4v) is 2.87. The maximum atomic E-state index is 10.5. The molecule has 1 saturated carbocycles. The van der Waals surface area contributed by atoms with Gasteiger partial charge in [-0.25, -0.2) is 0 Å². The molecule has 1 aliphatic heterocycles. The van der Waals surface area contributed by atoms with E-state index < -0.39 is 0 Å². The second kappa shape index (κ2) is 2.53. The summed E-state index contributed by atoms with van der Waals surface area (Å²) in [4.78, 5) is 12.2. The SMILES string of the molecule is O=CN1CC2CC1C(Cl)C2Cl. The summed E-state index contributed by atoms with van der Waals surface area (Å²) < 4.78 is 0. The van der Waals surface area contributed by atoms with Crippen LogP contribution in [0.15, 0.2) is 0 Å². The van der Waals surface area contributed by atoms with Gasteiger partial charge in [-0.05, 0) is 12.3 Å². The Hall–Kier alpha value is 0.0500. The van der Waals surface area contributed by atoms with Gasteiger partial charge in [-0.2, -0.15) is 0 Å². The molecule has 4 atom stereocenters. The number of fused-ring (bicyclic) bond motifs is 2. The molecule has 1 heterocycles. The van der Waals surface area contributed by atoms with Crippen LogP contribution in [-0.2, 0) is 4.79 Å². The molecule has 2 fully saturated rings. The maximum absolute atomic E-state index is 10.5. The Kier molecular flexibility index (Phi) is 1.77. The van der Waals surface area contributed by atoms with Crippen LogP contribution in [0.5, 0.6) is 0 Å². The molecule has 0 spiro atoms. The van der Waals surface area contributed by atoms with Gasteiger partial charge in [-0.1, -0.05) is 0 Å². The average molecular weight is 194 g/mol. The largest absolute Gasteiger partial charge is 0.340 e. The molecule has 1 aliphatic carbocycles. The minimum atomic E-state index is -0.0411. The molecule has 4 heteroatoms. The summed E-state index contributed by atoms with van der Waals surface area (Å²) in [5.41, 5.74) is 0. The van der Waals surface area contributed by atoms with Crippen LogP contribution in [-0.4, -0.2) is 34.7 Å². The van der Waals surface area contributed by atoms with Crippen molar-refractivity contribution in [3.63, 3.8) is 0 Å². The zero-order valence-electron chi connectivity index (χ0n) is 5.91. The highest BCUT2D eigenvalue weighted by Gasteiger charge is 2.49. The van der Waals surface area contributed by atoms with Crippen molar-refractivity contribution in [3.05, 3.63) is 0 Å². The number of likely N-dealkylation sites (tertiary alicyclic amines) is 1. The Bertz CT molecular complexity index is 185. The first-order chi connectivity index (χ1) is 5.24. The minimum Gasteiger partial charge on any atom is -0.340 e. The molecule has 0 aromatic carbocycles. The molecule has 4 unspecified atom stereocenters. The minimum absolute atomic E-state index is 0.0411. The Morgan fingerprint density at radius 3 is 2.55 bits per heavy atom. The molecule has 11 heavy (non-hydrogen) atoms. The maximum Gasteiger partial charge on any atom is 0.210 e. The van der Waals surface area contributed by atoms with E-state index in [-0.39, 0.29) is 16.8 Å². The first-order valence-electron chi connectivity index (χ1n) is 3.73. The predicted octanol–water partition coefficient (Wildman–Crippen LogP) is 1.06. The van der Waals surface area contributed by atoms with E-state index in [4.69, 9.17) is 23.2 Å². The van der Waals surface area contributed by atoms with Gasteiger partial charge in [0.1, 0.15) is 0 Å². The van der Waals surface area contributed by atoms with E-state index >= 15 is 0 Å². The first-order valence-corrected chi connectivity index (χ1v) is 4.60. The molecule has 1 amide bonds. The van der Waals surface area contributed by atoms with Crippen LogP contribution >= 0.6 is 23.2 Å². The average Bonchev–Trinajstić information content (AvgIpc) is 2.53. The number of halogens is 2. The molecule has 2 rings (SSSR count). The lowest BCUT2D eigenvalue weighted by Gasteiger charge is -2.29. The second-order valence-corrected chi connectivity index (χ2v) is 4.26. The molecule has 62 valence electrons. The Balaban J connectivity index is 2.15. The molecule has 0 aromatic heterocycles. The third-order valence-electron chi connectivity index (χ3n) is 2.67. The van der Waals surface area contributed by atoms with Gasteiger partial charge in [0.15, 0.2) is 0 Å². The number of piperidine rings is 1. The van der Waals surface area contributed by atoms with Crippen LogP contribution in [0, 0.1) is 5.92 Å². The zero-order valence-corrected chi connectivity index (χ0v) is 7.42. The van der Waals surface area contributed by atoms with E-state index in [2.05, 4.69) is 0 Å². The molecular formula is C7H9Cl2NO. The smallest absolute Gasteiger partial charge is 0.210 e. The van der Waals surface area contributed by atoms with Gasteiger partial charge < -0.3 is 4.90 Å². The lowest BCUT2D eigenvalue weighted by Crippen LogP contribution is -2.42. The predicted molar refractivity (Wildman–Crippen MR) is 43.9 cm³/mol. The molecule has 2 aliphatic rings. The van der Waals surface area contributed by atoms with E-state index in [0.717, 1.165) is 19.4 Å². The molecule has 0 radical (unpaired) electrons. The Morgan fingerprint density at radius 1 is 1.36 bits per heavy atom. The normalized spacial score (nSPS) is 48.4. The third-order valence-corrected chi connectivity index (χ3v) is 3.99. The molecule has 0 aromatic rings. The number of hydrogen-bond acceptors (Lipinski definition) is 1. The summed E-state index contributed by atoms with van der Waals surface area (Å²) >= 11 is 12.0. The highest BCUT2D eigenvalue weighted by molar-refractivity contribution is 6.31. The third kappa shape index (κ3) is 0.960. The fourth-order valence-electron chi connectivity index (χ4n) is 2.06. The Labute approximate surface area is 75.4 Å². The summed E-state index contributed by atoms with van der Waals surface area (Å²) in [5, 5.41) is 0.0264. The van der Waals surface area contributed by atoms with Gasteiger partial charge in [0.25, 0.3) is 0 Å². The van der Waals surface area contributed by atoms with Crippen molar-refractivity contribution in [2.45, 2.75) is 23.2 Å². The number of amides is 1. The molecule has 0 N–H and O–H groups in total. The topological polar surface area (TPSA) is 20.3 Å². The lowest BCUT2D eigenvalue weighted by atomic mass is 10.1. The number of rotatable bonds is 1. The van der Waals surface area contributed by atoms with E-state index in [1.165, 1.54) is 0 Å². The first kappa shape index (κ1) is 7.69. The molecular weight excluding hydrogens is 185 g/mol. The van der Waals surface area contributed by atoms with Crippen molar-refractivity contribution in [2.24, 2.45) is 5.92 Å². The van der Waals surface area contributed by atoms with Crippen molar-refractivity contribution in [1.29, 1.82) is 0 Å². The van der Waals surface area contributed by atoms with Gasteiger partial charge in [-0.15, -0.1) is 23.2 Å². The van der Waals surface area contributed by atoms with Crippen molar-refractivity contribution < 1.29 is 4.79 Å². The van der Waals surface area contributed by atoms with E-state index in [0.29, 0.717) is 5.92 Å². The Morgan fingerprint density at radius 2 is 2.09 bits per heavy atom. The van der Waals surface area contributed by atoms with Crippen LogP contribution in [0.2, 0.25) is 0 Å². The van der Waals surface area contributed by atoms with Crippen LogP contribution in [0.25, 0.3) is 0 Å². The van der Waals surface area contributed by atoms with Gasteiger partial charge in [0, 0.05) is 12.6 Å². The van der Waals surface area contributed by atoms with Crippen molar-refractivity contribution in [3.8, 4) is 0 Å². The lowest BCUT2D eigenvalue weighted by molar-refractivity contribution is -0.119. The number of alkyl halides is 2. The van der Waals surface area contributed by atoms with Crippen molar-refractivity contribution in [2.75, 3.05) is 6.54 Å². The van der Waals surface area contributed by atoms with Crippen LogP contribution in [0.3, 0.4) is 0 Å². The highest BCUT2D eigenvalue weighted by atomic mass is 35.5. The zero-order chi connectivity index (χ0) is 8.01. The second-order valence-electron chi connectivity index (χ2n) is 3.25. The van der Waals surface area contributed by atoms with Crippen LogP contribution in [0.1, 0.15) is 6.42 Å². The standard InChI is InChI=1S/C7H9Cl2NO/c8-6-4-1-5(7(6)9)10(2-4)3-11/h3-7H,1-2H2. The summed E-state index contributed by atoms with van der Waals surface area (Å²) in [5.74, 6) is 0.425. The molecule has 2 nitrogen and oxygen atoms in total. The van der Waals surface area contributed by atoms with Crippen LogP contribution in [0.4, 0.5) is 0 Å². The molecule has 1 saturated heterocycles. The number of nitrogens with zero attached hydrogens (tertiary/aromatic N) is 1. The monoisotopic (exact) mass is 193 g/mol. The number of hydrogen-bond donors (Lipinski definition) is 0. The van der Waals surface area contributed by atoms with Gasteiger partial charge >= 0.3 is 0 Å². The van der Waals surface area contributed by atoms with Crippen LogP contribution < -0.4 is 0 Å². The van der Waals surface area contributed by atoms with Crippen molar-refractivity contribution in [1.82, 2.24) is 4.90 Å². The van der Waals surface area contributed by atoms with E-state index in [9.17, 15) is 4.79 Å². The van der Waals surface area contributed by atoms with Crippen molar-refractivity contribution >= 4 is 29.6 Å². The number of carbonyl (C=O) groups excluding carboxylic acids is 1. The van der Waals surface area contributed by atoms with E-state index in [1.807, 2.05) is 0 Å². The summed E-state index contributed by atoms with van der Waals surface area (Å²) in [6.07, 6.45) is 1.86. The summed E-state index contributed by atoms with van der Waals surface area (Å²) in [6, 6.07) is 0.196. The molecule has 2 bridgehead atoms. The van der Waals surface area contributed by atoms with Gasteiger partial charge in [0.2, 0.25) is 6.41 Å².